The van der Waals surface area contributed by atoms with Crippen molar-refractivity contribution in [3.8, 4) is 11.3 Å². The molecular formula is C23H15F6N3O. The summed E-state index contributed by atoms with van der Waals surface area (Å²) >= 11 is 0. The number of fused-ring (bicyclic) bond motifs is 1. The SMILES string of the molecule is O=c1[nH]c2ccccc2nc1-c1ccccc1NCc1cc(C(F)(F)F)cc(C(F)(F)F)c1. The highest BCUT2D eigenvalue weighted by Crippen LogP contribution is 2.36. The third kappa shape index (κ3) is 4.84. The van der Waals surface area contributed by atoms with Gasteiger partial charge in [-0.05, 0) is 42.0 Å². The second-order valence-corrected chi connectivity index (χ2v) is 7.24. The van der Waals surface area contributed by atoms with E-state index in [4.69, 9.17) is 0 Å². The van der Waals surface area contributed by atoms with Gasteiger partial charge in [0.2, 0.25) is 0 Å². The number of aromatic nitrogens is 2. The van der Waals surface area contributed by atoms with Crippen LogP contribution in [-0.4, -0.2) is 9.97 Å². The molecular weight excluding hydrogens is 448 g/mol. The molecule has 0 aliphatic heterocycles. The van der Waals surface area contributed by atoms with Crippen molar-refractivity contribution >= 4 is 16.7 Å². The van der Waals surface area contributed by atoms with E-state index in [0.29, 0.717) is 34.4 Å². The van der Waals surface area contributed by atoms with Crippen LogP contribution in [-0.2, 0) is 18.9 Å². The smallest absolute Gasteiger partial charge is 0.380 e. The summed E-state index contributed by atoms with van der Waals surface area (Å²) in [7, 11) is 0. The molecule has 0 aliphatic rings. The van der Waals surface area contributed by atoms with Crippen LogP contribution >= 0.6 is 0 Å². The number of benzene rings is 3. The molecule has 170 valence electrons. The number of alkyl halides is 6. The van der Waals surface area contributed by atoms with Crippen LogP contribution in [0.25, 0.3) is 22.3 Å². The first-order valence-electron chi connectivity index (χ1n) is 9.63. The predicted molar refractivity (Wildman–Crippen MR) is 112 cm³/mol. The third-order valence-electron chi connectivity index (χ3n) is 4.91. The normalized spacial score (nSPS) is 12.2. The van der Waals surface area contributed by atoms with E-state index < -0.39 is 29.0 Å². The number of nitrogens with one attached hydrogen (secondary N) is 2. The fraction of sp³-hybridized carbons (Fsp3) is 0.130. The Hall–Kier alpha value is -3.82. The molecule has 0 saturated carbocycles. The highest BCUT2D eigenvalue weighted by Gasteiger charge is 2.36. The van der Waals surface area contributed by atoms with Crippen LogP contribution in [0.4, 0.5) is 32.0 Å². The van der Waals surface area contributed by atoms with E-state index in [1.54, 1.807) is 48.5 Å². The van der Waals surface area contributed by atoms with E-state index >= 15 is 0 Å². The summed E-state index contributed by atoms with van der Waals surface area (Å²) in [5.74, 6) is 0. The van der Waals surface area contributed by atoms with Crippen molar-refractivity contribution in [1.29, 1.82) is 0 Å². The standard InChI is InChI=1S/C23H15F6N3O/c24-22(25,26)14-9-13(10-15(11-14)23(27,28)29)12-30-17-6-2-1-5-16(17)20-21(33)32-19-8-4-3-7-18(19)31-20/h1-11,30H,12H2,(H,32,33). The first-order valence-corrected chi connectivity index (χ1v) is 9.63. The molecule has 0 atom stereocenters. The molecule has 0 spiro atoms. The van der Waals surface area contributed by atoms with Gasteiger partial charge in [0, 0.05) is 17.8 Å². The van der Waals surface area contributed by atoms with E-state index in [2.05, 4.69) is 15.3 Å². The molecule has 0 unspecified atom stereocenters. The minimum absolute atomic E-state index is 0.0665. The van der Waals surface area contributed by atoms with E-state index in [1.165, 1.54) is 0 Å². The molecule has 0 radical (unpaired) electrons. The van der Waals surface area contributed by atoms with Crippen LogP contribution in [0.15, 0.2) is 71.5 Å². The third-order valence-corrected chi connectivity index (χ3v) is 4.91. The van der Waals surface area contributed by atoms with Crippen molar-refractivity contribution in [2.75, 3.05) is 5.32 Å². The molecule has 0 bridgehead atoms. The Kier molecular flexibility index (Phi) is 5.61. The van der Waals surface area contributed by atoms with Gasteiger partial charge in [0.1, 0.15) is 5.69 Å². The lowest BCUT2D eigenvalue weighted by Gasteiger charge is -2.16. The molecule has 0 fully saturated rings. The number of para-hydroxylation sites is 3. The summed E-state index contributed by atoms with van der Waals surface area (Å²) < 4.78 is 78.7. The molecule has 1 heterocycles. The zero-order valence-corrected chi connectivity index (χ0v) is 16.7. The Bertz CT molecular complexity index is 1340. The molecule has 33 heavy (non-hydrogen) atoms. The highest BCUT2D eigenvalue weighted by atomic mass is 19.4. The second kappa shape index (κ2) is 8.27. The van der Waals surface area contributed by atoms with Crippen molar-refractivity contribution in [1.82, 2.24) is 9.97 Å². The van der Waals surface area contributed by atoms with Gasteiger partial charge in [-0.2, -0.15) is 26.3 Å². The van der Waals surface area contributed by atoms with Gasteiger partial charge in [0.25, 0.3) is 5.56 Å². The number of aromatic amines is 1. The van der Waals surface area contributed by atoms with Crippen molar-refractivity contribution in [2.24, 2.45) is 0 Å². The number of nitrogens with zero attached hydrogens (tertiary/aromatic N) is 1. The molecule has 0 amide bonds. The lowest BCUT2D eigenvalue weighted by Crippen LogP contribution is -2.14. The van der Waals surface area contributed by atoms with Gasteiger partial charge in [0.15, 0.2) is 0 Å². The summed E-state index contributed by atoms with van der Waals surface area (Å²) in [5, 5.41) is 2.83. The fourth-order valence-electron chi connectivity index (χ4n) is 3.37. The van der Waals surface area contributed by atoms with Crippen LogP contribution < -0.4 is 10.9 Å². The Morgan fingerprint density at radius 2 is 1.42 bits per heavy atom. The van der Waals surface area contributed by atoms with E-state index in [0.717, 1.165) is 0 Å². The molecule has 4 aromatic rings. The Balaban J connectivity index is 1.71. The molecule has 10 heteroatoms. The van der Waals surface area contributed by atoms with Gasteiger partial charge < -0.3 is 10.3 Å². The molecule has 0 saturated heterocycles. The van der Waals surface area contributed by atoms with Crippen molar-refractivity contribution in [3.05, 3.63) is 93.8 Å². The summed E-state index contributed by atoms with van der Waals surface area (Å²) in [6.45, 7) is -0.338. The Morgan fingerprint density at radius 3 is 2.09 bits per heavy atom. The number of halogens is 6. The van der Waals surface area contributed by atoms with Crippen LogP contribution in [0.3, 0.4) is 0 Å². The number of rotatable bonds is 4. The fourth-order valence-corrected chi connectivity index (χ4v) is 3.37. The van der Waals surface area contributed by atoms with Crippen molar-refractivity contribution in [3.63, 3.8) is 0 Å². The average Bonchev–Trinajstić information content (AvgIpc) is 2.76. The quantitative estimate of drug-likeness (QED) is 0.352. The van der Waals surface area contributed by atoms with E-state index in [-0.39, 0.29) is 23.9 Å². The second-order valence-electron chi connectivity index (χ2n) is 7.24. The maximum atomic E-state index is 13.1. The minimum Gasteiger partial charge on any atom is -0.380 e. The van der Waals surface area contributed by atoms with Crippen LogP contribution in [0, 0.1) is 0 Å². The highest BCUT2D eigenvalue weighted by molar-refractivity contribution is 5.81. The zero-order valence-electron chi connectivity index (χ0n) is 16.7. The Morgan fingerprint density at radius 1 is 0.818 bits per heavy atom. The maximum absolute atomic E-state index is 13.1. The summed E-state index contributed by atoms with van der Waals surface area (Å²) in [5.41, 5.74) is -1.69. The molecule has 1 aromatic heterocycles. The molecule has 2 N–H and O–H groups in total. The van der Waals surface area contributed by atoms with Gasteiger partial charge in [0.05, 0.1) is 22.2 Å². The average molecular weight is 463 g/mol. The monoisotopic (exact) mass is 463 g/mol. The lowest BCUT2D eigenvalue weighted by atomic mass is 10.0. The summed E-state index contributed by atoms with van der Waals surface area (Å²) in [6.07, 6.45) is -9.87. The van der Waals surface area contributed by atoms with Crippen LogP contribution in [0.2, 0.25) is 0 Å². The first kappa shape index (κ1) is 22.4. The predicted octanol–water partition coefficient (Wildman–Crippen LogP) is 6.24. The number of anilines is 1. The van der Waals surface area contributed by atoms with Gasteiger partial charge in [-0.15, -0.1) is 0 Å². The summed E-state index contributed by atoms with van der Waals surface area (Å²) in [6, 6.07) is 14.7. The lowest BCUT2D eigenvalue weighted by molar-refractivity contribution is -0.143. The first-order chi connectivity index (χ1) is 15.5. The topological polar surface area (TPSA) is 57.8 Å². The maximum Gasteiger partial charge on any atom is 0.416 e. The number of H-pyrrole nitrogens is 1. The van der Waals surface area contributed by atoms with Crippen molar-refractivity contribution < 1.29 is 26.3 Å². The van der Waals surface area contributed by atoms with Gasteiger partial charge in [-0.1, -0.05) is 30.3 Å². The van der Waals surface area contributed by atoms with E-state index in [9.17, 15) is 31.1 Å². The van der Waals surface area contributed by atoms with Gasteiger partial charge in [-0.25, -0.2) is 4.98 Å². The van der Waals surface area contributed by atoms with Crippen molar-refractivity contribution in [2.45, 2.75) is 18.9 Å². The number of hydrogen-bond donors (Lipinski definition) is 2. The van der Waals surface area contributed by atoms with Crippen LogP contribution in [0.1, 0.15) is 16.7 Å². The zero-order chi connectivity index (χ0) is 23.8. The molecule has 4 rings (SSSR count). The minimum atomic E-state index is -4.93. The molecule has 3 aromatic carbocycles. The summed E-state index contributed by atoms with van der Waals surface area (Å²) in [4.78, 5) is 19.7. The van der Waals surface area contributed by atoms with E-state index in [1.807, 2.05) is 0 Å². The van der Waals surface area contributed by atoms with Gasteiger partial charge in [-0.3, -0.25) is 4.79 Å². The molecule has 4 nitrogen and oxygen atoms in total. The Labute approximate surface area is 182 Å². The largest absolute Gasteiger partial charge is 0.416 e. The number of hydrogen-bond acceptors (Lipinski definition) is 3. The van der Waals surface area contributed by atoms with Crippen LogP contribution in [0.5, 0.6) is 0 Å². The van der Waals surface area contributed by atoms with Gasteiger partial charge >= 0.3 is 12.4 Å². The molecule has 0 aliphatic carbocycles.